The number of nitrogens with two attached hydrogens (primary N) is 1. The Labute approximate surface area is 238 Å². The summed E-state index contributed by atoms with van der Waals surface area (Å²) in [6.45, 7) is 2.27. The highest BCUT2D eigenvalue weighted by molar-refractivity contribution is 6.34. The molecule has 3 N–H and O–H groups in total. The Bertz CT molecular complexity index is 1370. The number of carbonyl (C=O) groups excluding carboxylic acids is 3. The predicted molar refractivity (Wildman–Crippen MR) is 152 cm³/mol. The molecule has 3 amide bonds. The van der Waals surface area contributed by atoms with Crippen LogP contribution in [-0.4, -0.2) is 74.0 Å². The van der Waals surface area contributed by atoms with E-state index < -0.39 is 12.1 Å². The Hall–Kier alpha value is -3.50. The van der Waals surface area contributed by atoms with Gasteiger partial charge in [-0.05, 0) is 73.4 Å². The number of hydrogen-bond acceptors (Lipinski definition) is 6. The van der Waals surface area contributed by atoms with Crippen molar-refractivity contribution in [2.24, 2.45) is 18.7 Å². The fourth-order valence-electron chi connectivity index (χ4n) is 5.84. The van der Waals surface area contributed by atoms with Crippen LogP contribution < -0.4 is 11.1 Å². The summed E-state index contributed by atoms with van der Waals surface area (Å²) >= 11 is 6.26. The summed E-state index contributed by atoms with van der Waals surface area (Å²) in [5.41, 5.74) is 9.22. The lowest BCUT2D eigenvalue weighted by Gasteiger charge is -2.27. The monoisotopic (exact) mass is 565 g/mol. The van der Waals surface area contributed by atoms with Crippen LogP contribution in [-0.2, 0) is 34.4 Å². The van der Waals surface area contributed by atoms with Gasteiger partial charge in [-0.25, -0.2) is 0 Å². The zero-order chi connectivity index (χ0) is 28.2. The molecule has 4 heterocycles. The molecule has 0 radical (unpaired) electrons. The van der Waals surface area contributed by atoms with Gasteiger partial charge >= 0.3 is 0 Å². The third kappa shape index (κ3) is 6.28. The van der Waals surface area contributed by atoms with Gasteiger partial charge in [0.15, 0.2) is 5.15 Å². The van der Waals surface area contributed by atoms with Crippen LogP contribution >= 0.6 is 11.6 Å². The molecule has 3 atom stereocenters. The number of halogens is 1. The maximum Gasteiger partial charge on any atom is 0.243 e. The molecule has 212 valence electrons. The standard InChI is InChI=1S/C29H36ClN7O3/c1-35-24-6-4-20(15-22(24)27(30)34-35)17-33-28(39)25-16-21(14-19-8-10-32-11-9-19)18-37(25)29(40)23(31)5-7-26(38)36-12-2-3-13-36/h4,6,8-11,15,21,23,25H,2-3,5,7,12-14,16-18,31H2,1H3,(H,33,39)/t21-,23-,25+/m1/s1. The third-order valence-corrected chi connectivity index (χ3v) is 8.31. The molecule has 0 unspecified atom stereocenters. The molecule has 11 heteroatoms. The first kappa shape index (κ1) is 28.0. The first-order valence-electron chi connectivity index (χ1n) is 13.9. The van der Waals surface area contributed by atoms with E-state index in [1.54, 1.807) is 22.0 Å². The Kier molecular flexibility index (Phi) is 8.66. The van der Waals surface area contributed by atoms with E-state index in [0.29, 0.717) is 24.7 Å². The maximum absolute atomic E-state index is 13.5. The van der Waals surface area contributed by atoms with E-state index in [-0.39, 0.29) is 36.5 Å². The first-order valence-corrected chi connectivity index (χ1v) is 14.3. The van der Waals surface area contributed by atoms with E-state index in [2.05, 4.69) is 15.4 Å². The molecule has 2 fully saturated rings. The van der Waals surface area contributed by atoms with Crippen LogP contribution in [0.1, 0.15) is 43.2 Å². The Morgan fingerprint density at radius 1 is 1.12 bits per heavy atom. The number of amides is 3. The van der Waals surface area contributed by atoms with Crippen molar-refractivity contribution >= 4 is 40.2 Å². The third-order valence-electron chi connectivity index (χ3n) is 8.03. The lowest BCUT2D eigenvalue weighted by Crippen LogP contribution is -2.51. The van der Waals surface area contributed by atoms with Crippen LogP contribution in [0, 0.1) is 5.92 Å². The van der Waals surface area contributed by atoms with Gasteiger partial charge < -0.3 is 20.9 Å². The summed E-state index contributed by atoms with van der Waals surface area (Å²) in [4.78, 5) is 47.0. The van der Waals surface area contributed by atoms with Gasteiger partial charge in [0.2, 0.25) is 17.7 Å². The molecule has 0 saturated carbocycles. The number of aromatic nitrogens is 3. The van der Waals surface area contributed by atoms with Gasteiger partial charge in [-0.3, -0.25) is 24.0 Å². The fourth-order valence-corrected chi connectivity index (χ4v) is 6.11. The van der Waals surface area contributed by atoms with Gasteiger partial charge in [-0.2, -0.15) is 5.10 Å². The lowest BCUT2D eigenvalue weighted by atomic mass is 9.97. The van der Waals surface area contributed by atoms with Crippen molar-refractivity contribution in [3.05, 3.63) is 59.0 Å². The zero-order valence-electron chi connectivity index (χ0n) is 22.8. The molecule has 2 aliphatic heterocycles. The number of carbonyl (C=O) groups is 3. The number of nitrogens with one attached hydrogen (secondary N) is 1. The van der Waals surface area contributed by atoms with Crippen LogP contribution in [0.15, 0.2) is 42.7 Å². The summed E-state index contributed by atoms with van der Waals surface area (Å²) in [6, 6.07) is 8.21. The largest absolute Gasteiger partial charge is 0.350 e. The van der Waals surface area contributed by atoms with Crippen molar-refractivity contribution in [3.8, 4) is 0 Å². The second kappa shape index (κ2) is 12.3. The summed E-state index contributed by atoms with van der Waals surface area (Å²) in [7, 11) is 1.83. The molecule has 0 spiro atoms. The highest BCUT2D eigenvalue weighted by atomic mass is 35.5. The van der Waals surface area contributed by atoms with E-state index >= 15 is 0 Å². The summed E-state index contributed by atoms with van der Waals surface area (Å²) in [5, 5.41) is 8.48. The maximum atomic E-state index is 13.5. The minimum absolute atomic E-state index is 0.0396. The van der Waals surface area contributed by atoms with E-state index in [1.807, 2.05) is 42.3 Å². The van der Waals surface area contributed by atoms with Gasteiger partial charge in [-0.1, -0.05) is 17.7 Å². The summed E-state index contributed by atoms with van der Waals surface area (Å²) in [6.07, 6.45) is 7.29. The topological polar surface area (TPSA) is 126 Å². The van der Waals surface area contributed by atoms with Gasteiger partial charge in [0.25, 0.3) is 0 Å². The minimum Gasteiger partial charge on any atom is -0.350 e. The lowest BCUT2D eigenvalue weighted by molar-refractivity contribution is -0.140. The van der Waals surface area contributed by atoms with Crippen molar-refractivity contribution in [2.45, 2.75) is 57.2 Å². The Morgan fingerprint density at radius 2 is 1.88 bits per heavy atom. The van der Waals surface area contributed by atoms with Crippen molar-refractivity contribution in [2.75, 3.05) is 19.6 Å². The molecular formula is C29H36ClN7O3. The summed E-state index contributed by atoms with van der Waals surface area (Å²) in [5.74, 6) is -0.359. The number of nitrogens with zero attached hydrogens (tertiary/aromatic N) is 5. The van der Waals surface area contributed by atoms with Gasteiger partial charge in [0, 0.05) is 57.4 Å². The summed E-state index contributed by atoms with van der Waals surface area (Å²) < 4.78 is 1.72. The molecule has 2 saturated heterocycles. The first-order chi connectivity index (χ1) is 19.3. The second-order valence-electron chi connectivity index (χ2n) is 10.9. The van der Waals surface area contributed by atoms with E-state index in [0.717, 1.165) is 54.4 Å². The van der Waals surface area contributed by atoms with Crippen LogP contribution in [0.4, 0.5) is 0 Å². The average molecular weight is 566 g/mol. The molecule has 2 aromatic heterocycles. The van der Waals surface area contributed by atoms with Gasteiger partial charge in [0.05, 0.1) is 11.6 Å². The molecular weight excluding hydrogens is 530 g/mol. The van der Waals surface area contributed by atoms with Crippen molar-refractivity contribution < 1.29 is 14.4 Å². The Morgan fingerprint density at radius 3 is 2.62 bits per heavy atom. The van der Waals surface area contributed by atoms with Gasteiger partial charge in [0.1, 0.15) is 6.04 Å². The average Bonchev–Trinajstić information content (AvgIpc) is 3.70. The fraction of sp³-hybridized carbons (Fsp3) is 0.483. The van der Waals surface area contributed by atoms with Crippen molar-refractivity contribution in [1.82, 2.24) is 29.9 Å². The highest BCUT2D eigenvalue weighted by Gasteiger charge is 2.41. The SMILES string of the molecule is Cn1nc(Cl)c2cc(CNC(=O)[C@@H]3C[C@@H](Cc4ccncc4)CN3C(=O)[C@H](N)CCC(=O)N3CCCC3)ccc21. The Balaban J connectivity index is 1.25. The van der Waals surface area contributed by atoms with E-state index in [4.69, 9.17) is 17.3 Å². The molecule has 1 aromatic carbocycles. The smallest absolute Gasteiger partial charge is 0.243 e. The number of hydrogen-bond donors (Lipinski definition) is 2. The molecule has 3 aromatic rings. The van der Waals surface area contributed by atoms with Crippen LogP contribution in [0.3, 0.4) is 0 Å². The van der Waals surface area contributed by atoms with E-state index in [1.165, 1.54) is 0 Å². The molecule has 5 rings (SSSR count). The zero-order valence-corrected chi connectivity index (χ0v) is 23.5. The van der Waals surface area contributed by atoms with Crippen molar-refractivity contribution in [3.63, 3.8) is 0 Å². The number of benzene rings is 1. The van der Waals surface area contributed by atoms with Crippen molar-refractivity contribution in [1.29, 1.82) is 0 Å². The normalized spacial score (nSPS) is 19.8. The molecule has 40 heavy (non-hydrogen) atoms. The molecule has 0 aliphatic carbocycles. The molecule has 10 nitrogen and oxygen atoms in total. The van der Waals surface area contributed by atoms with Crippen LogP contribution in [0.5, 0.6) is 0 Å². The minimum atomic E-state index is -0.836. The molecule has 2 aliphatic rings. The van der Waals surface area contributed by atoms with Crippen LogP contribution in [0.2, 0.25) is 5.15 Å². The number of aryl methyl sites for hydroxylation is 1. The number of likely N-dealkylation sites (tertiary alicyclic amines) is 2. The second-order valence-corrected chi connectivity index (χ2v) is 11.2. The molecule has 0 bridgehead atoms. The van der Waals surface area contributed by atoms with Gasteiger partial charge in [-0.15, -0.1) is 0 Å². The van der Waals surface area contributed by atoms with Crippen LogP contribution in [0.25, 0.3) is 10.9 Å². The van der Waals surface area contributed by atoms with E-state index in [9.17, 15) is 14.4 Å². The number of fused-ring (bicyclic) bond motifs is 1. The quantitative estimate of drug-likeness (QED) is 0.410. The highest BCUT2D eigenvalue weighted by Crippen LogP contribution is 2.28. The predicted octanol–water partition coefficient (Wildman–Crippen LogP) is 2.43. The number of rotatable bonds is 9. The number of pyridine rings is 1.